The van der Waals surface area contributed by atoms with E-state index in [1.165, 1.54) is 0 Å². The SMILES string of the molecule is CC(C)(C)OC(=O)C[C@@H]1C[C@H]([Si](C)(C)C)OC(C)(C)O1. The lowest BCUT2D eigenvalue weighted by Crippen LogP contribution is -2.54. The first-order valence-electron chi connectivity index (χ1n) is 7.36. The van der Waals surface area contributed by atoms with Gasteiger partial charge < -0.3 is 14.2 Å². The van der Waals surface area contributed by atoms with Crippen molar-refractivity contribution in [2.24, 2.45) is 0 Å². The van der Waals surface area contributed by atoms with Gasteiger partial charge in [-0.3, -0.25) is 4.79 Å². The van der Waals surface area contributed by atoms with Crippen LogP contribution >= 0.6 is 0 Å². The van der Waals surface area contributed by atoms with Gasteiger partial charge in [0.1, 0.15) is 5.60 Å². The van der Waals surface area contributed by atoms with Crippen LogP contribution in [0.1, 0.15) is 47.5 Å². The van der Waals surface area contributed by atoms with Crippen molar-refractivity contribution in [1.29, 1.82) is 0 Å². The molecule has 0 unspecified atom stereocenters. The van der Waals surface area contributed by atoms with Gasteiger partial charge >= 0.3 is 5.97 Å². The van der Waals surface area contributed by atoms with Crippen LogP contribution in [-0.2, 0) is 19.0 Å². The zero-order valence-corrected chi connectivity index (χ0v) is 15.2. The number of hydrogen-bond donors (Lipinski definition) is 0. The van der Waals surface area contributed by atoms with E-state index in [1.807, 2.05) is 34.6 Å². The van der Waals surface area contributed by atoms with Gasteiger partial charge in [-0.1, -0.05) is 19.6 Å². The summed E-state index contributed by atoms with van der Waals surface area (Å²) in [5.41, 5.74) is -0.241. The molecule has 1 aliphatic rings. The van der Waals surface area contributed by atoms with E-state index in [2.05, 4.69) is 19.6 Å². The summed E-state index contributed by atoms with van der Waals surface area (Å²) >= 11 is 0. The molecule has 0 aromatic carbocycles. The number of ether oxygens (including phenoxy) is 3. The molecule has 4 nitrogen and oxygen atoms in total. The van der Waals surface area contributed by atoms with E-state index in [-0.39, 0.29) is 17.8 Å². The van der Waals surface area contributed by atoms with Gasteiger partial charge in [0.2, 0.25) is 0 Å². The number of esters is 1. The molecule has 0 spiro atoms. The van der Waals surface area contributed by atoms with Gasteiger partial charge in [0.05, 0.1) is 26.3 Å². The van der Waals surface area contributed by atoms with Crippen LogP contribution in [0.25, 0.3) is 0 Å². The lowest BCUT2D eigenvalue weighted by Gasteiger charge is -2.44. The molecule has 0 aromatic heterocycles. The Morgan fingerprint density at radius 2 is 1.80 bits per heavy atom. The van der Waals surface area contributed by atoms with Crippen LogP contribution in [0.3, 0.4) is 0 Å². The van der Waals surface area contributed by atoms with Crippen molar-refractivity contribution in [1.82, 2.24) is 0 Å². The smallest absolute Gasteiger partial charge is 0.308 e. The maximum Gasteiger partial charge on any atom is 0.308 e. The summed E-state index contributed by atoms with van der Waals surface area (Å²) in [6, 6.07) is 0. The third kappa shape index (κ3) is 5.93. The molecule has 0 radical (unpaired) electrons. The standard InChI is InChI=1S/C15H30O4Si/c1-14(2,3)18-12(16)9-11-10-13(20(6,7)8)19-15(4,5)17-11/h11,13H,9-10H2,1-8H3/t11-,13+/m1/s1. The van der Waals surface area contributed by atoms with Crippen molar-refractivity contribution in [3.05, 3.63) is 0 Å². The zero-order chi connectivity index (χ0) is 15.8. The molecule has 20 heavy (non-hydrogen) atoms. The maximum absolute atomic E-state index is 12.0. The van der Waals surface area contributed by atoms with E-state index in [1.54, 1.807) is 0 Å². The highest BCUT2D eigenvalue weighted by atomic mass is 28.3. The summed E-state index contributed by atoms with van der Waals surface area (Å²) in [5.74, 6) is -0.829. The average Bonchev–Trinajstić information content (AvgIpc) is 2.09. The minimum Gasteiger partial charge on any atom is -0.460 e. The van der Waals surface area contributed by atoms with E-state index < -0.39 is 19.5 Å². The second kappa shape index (κ2) is 5.77. The van der Waals surface area contributed by atoms with Crippen molar-refractivity contribution in [2.75, 3.05) is 0 Å². The molecule has 0 N–H and O–H groups in total. The second-order valence-electron chi connectivity index (χ2n) is 8.14. The lowest BCUT2D eigenvalue weighted by molar-refractivity contribution is -0.286. The molecule has 5 heteroatoms. The molecule has 118 valence electrons. The maximum atomic E-state index is 12.0. The molecule has 0 saturated carbocycles. The van der Waals surface area contributed by atoms with Crippen LogP contribution in [0.4, 0.5) is 0 Å². The number of carbonyl (C=O) groups is 1. The average molecular weight is 302 g/mol. The van der Waals surface area contributed by atoms with Crippen molar-refractivity contribution >= 4 is 14.0 Å². The monoisotopic (exact) mass is 302 g/mol. The fourth-order valence-electron chi connectivity index (χ4n) is 2.33. The van der Waals surface area contributed by atoms with Crippen LogP contribution in [0.5, 0.6) is 0 Å². The summed E-state index contributed by atoms with van der Waals surface area (Å²) in [5, 5.41) is 0. The lowest BCUT2D eigenvalue weighted by atomic mass is 10.1. The highest BCUT2D eigenvalue weighted by Crippen LogP contribution is 2.33. The van der Waals surface area contributed by atoms with Gasteiger partial charge in [-0.05, 0) is 41.0 Å². The Bertz CT molecular complexity index is 352. The molecule has 1 rings (SSSR count). The van der Waals surface area contributed by atoms with Crippen molar-refractivity contribution in [3.63, 3.8) is 0 Å². The number of carbonyl (C=O) groups excluding carboxylic acids is 1. The Hall–Kier alpha value is -0.393. The Kier molecular flexibility index (Phi) is 5.10. The summed E-state index contributed by atoms with van der Waals surface area (Å²) in [7, 11) is -1.44. The van der Waals surface area contributed by atoms with Crippen LogP contribution in [0.2, 0.25) is 19.6 Å². The Morgan fingerprint density at radius 1 is 1.25 bits per heavy atom. The molecule has 0 aromatic rings. The van der Waals surface area contributed by atoms with Gasteiger partial charge in [-0.25, -0.2) is 0 Å². The molecule has 0 amide bonds. The molecular weight excluding hydrogens is 272 g/mol. The van der Waals surface area contributed by atoms with Crippen LogP contribution in [0, 0.1) is 0 Å². The quantitative estimate of drug-likeness (QED) is 0.591. The fraction of sp³-hybridized carbons (Fsp3) is 0.933. The van der Waals surface area contributed by atoms with Crippen molar-refractivity contribution in [3.8, 4) is 0 Å². The third-order valence-corrected chi connectivity index (χ3v) is 5.42. The second-order valence-corrected chi connectivity index (χ2v) is 13.5. The predicted octanol–water partition coefficient (Wildman–Crippen LogP) is 3.51. The molecule has 1 fully saturated rings. The van der Waals surface area contributed by atoms with E-state index in [0.29, 0.717) is 6.42 Å². The van der Waals surface area contributed by atoms with Crippen LogP contribution in [0.15, 0.2) is 0 Å². The van der Waals surface area contributed by atoms with Crippen molar-refractivity contribution < 1.29 is 19.0 Å². The fourth-order valence-corrected chi connectivity index (χ4v) is 3.94. The van der Waals surface area contributed by atoms with E-state index in [0.717, 1.165) is 6.42 Å². The van der Waals surface area contributed by atoms with Gasteiger partial charge in [0.25, 0.3) is 0 Å². The normalized spacial score (nSPS) is 27.2. The van der Waals surface area contributed by atoms with Gasteiger partial charge in [-0.2, -0.15) is 0 Å². The first-order valence-corrected chi connectivity index (χ1v) is 10.9. The van der Waals surface area contributed by atoms with Gasteiger partial charge in [-0.15, -0.1) is 0 Å². The van der Waals surface area contributed by atoms with E-state index in [4.69, 9.17) is 14.2 Å². The Morgan fingerprint density at radius 3 is 2.25 bits per heavy atom. The highest BCUT2D eigenvalue weighted by molar-refractivity contribution is 6.77. The minimum absolute atomic E-state index is 0.120. The number of rotatable bonds is 3. The van der Waals surface area contributed by atoms with Crippen LogP contribution in [-0.4, -0.2) is 37.3 Å². The molecular formula is C15H30O4Si. The molecule has 1 heterocycles. The van der Waals surface area contributed by atoms with Crippen LogP contribution < -0.4 is 0 Å². The molecule has 2 atom stereocenters. The summed E-state index contributed by atoms with van der Waals surface area (Å²) in [6.07, 6.45) is 0.953. The zero-order valence-electron chi connectivity index (χ0n) is 14.2. The Labute approximate surface area is 124 Å². The first-order chi connectivity index (χ1) is 8.78. The number of hydrogen-bond acceptors (Lipinski definition) is 4. The van der Waals surface area contributed by atoms with Gasteiger partial charge in [0.15, 0.2) is 5.79 Å². The summed E-state index contributed by atoms with van der Waals surface area (Å²) in [6.45, 7) is 16.3. The highest BCUT2D eigenvalue weighted by Gasteiger charge is 2.42. The van der Waals surface area contributed by atoms with E-state index >= 15 is 0 Å². The van der Waals surface area contributed by atoms with Crippen molar-refractivity contribution in [2.45, 2.75) is 90.3 Å². The minimum atomic E-state index is -1.44. The summed E-state index contributed by atoms with van der Waals surface area (Å²) < 4.78 is 17.3. The third-order valence-electron chi connectivity index (χ3n) is 3.13. The molecule has 0 bridgehead atoms. The molecule has 0 aliphatic carbocycles. The largest absolute Gasteiger partial charge is 0.460 e. The summed E-state index contributed by atoms with van der Waals surface area (Å²) in [4.78, 5) is 12.0. The molecule has 1 saturated heterocycles. The topological polar surface area (TPSA) is 44.8 Å². The van der Waals surface area contributed by atoms with E-state index in [9.17, 15) is 4.79 Å². The van der Waals surface area contributed by atoms with Gasteiger partial charge in [0, 0.05) is 0 Å². The molecule has 1 aliphatic heterocycles. The Balaban J connectivity index is 2.68. The predicted molar refractivity (Wildman–Crippen MR) is 82.3 cm³/mol. The first kappa shape index (κ1) is 17.7.